The Morgan fingerprint density at radius 3 is 2.73 bits per heavy atom. The van der Waals surface area contributed by atoms with Crippen LogP contribution in [-0.2, 0) is 4.74 Å². The molecular weight excluding hydrogens is 298 g/mol. The van der Waals surface area contributed by atoms with Crippen LogP contribution in [0.5, 0.6) is 0 Å². The minimum Gasteiger partial charge on any atom is -0.378 e. The summed E-state index contributed by atoms with van der Waals surface area (Å²) >= 11 is 1.66. The van der Waals surface area contributed by atoms with E-state index in [9.17, 15) is 0 Å². The highest BCUT2D eigenvalue weighted by Crippen LogP contribution is 2.28. The summed E-state index contributed by atoms with van der Waals surface area (Å²) in [6.45, 7) is 2.96. The molecule has 0 aliphatic carbocycles. The van der Waals surface area contributed by atoms with Crippen molar-refractivity contribution in [2.24, 2.45) is 0 Å². The lowest BCUT2D eigenvalue weighted by Crippen LogP contribution is -2.37. The Morgan fingerprint density at radius 1 is 1.09 bits per heavy atom. The monoisotopic (exact) mass is 313 g/mol. The molecule has 0 spiro atoms. The lowest BCUT2D eigenvalue weighted by Gasteiger charge is -2.28. The molecule has 1 aliphatic heterocycles. The number of nitrogens with zero attached hydrogens (tertiary/aromatic N) is 4. The highest BCUT2D eigenvalue weighted by molar-refractivity contribution is 7.08. The third-order valence-corrected chi connectivity index (χ3v) is 4.35. The van der Waals surface area contributed by atoms with E-state index in [1.165, 1.54) is 0 Å². The Hall–Kier alpha value is -2.25. The average molecular weight is 313 g/mol. The van der Waals surface area contributed by atoms with E-state index in [0.29, 0.717) is 13.2 Å². The van der Waals surface area contributed by atoms with Crippen LogP contribution in [0.4, 0.5) is 11.8 Å². The molecule has 0 atom stereocenters. The van der Waals surface area contributed by atoms with E-state index in [4.69, 9.17) is 15.5 Å². The van der Waals surface area contributed by atoms with Crippen molar-refractivity contribution in [2.45, 2.75) is 0 Å². The topological polar surface area (TPSA) is 77.2 Å². The second-order valence-electron chi connectivity index (χ2n) is 5.08. The Morgan fingerprint density at radius 2 is 1.95 bits per heavy atom. The van der Waals surface area contributed by atoms with Gasteiger partial charge >= 0.3 is 0 Å². The third kappa shape index (κ3) is 2.38. The molecule has 1 aliphatic rings. The molecule has 112 valence electrons. The molecule has 2 N–H and O–H groups in total. The van der Waals surface area contributed by atoms with Crippen molar-refractivity contribution in [2.75, 3.05) is 36.9 Å². The van der Waals surface area contributed by atoms with Gasteiger partial charge in [-0.05, 0) is 23.6 Å². The third-order valence-electron chi connectivity index (χ3n) is 3.67. The molecule has 4 rings (SSSR count). The average Bonchev–Trinajstić information content (AvgIpc) is 3.09. The van der Waals surface area contributed by atoms with Gasteiger partial charge in [-0.2, -0.15) is 16.3 Å². The summed E-state index contributed by atoms with van der Waals surface area (Å²) in [5.74, 6) is 1.07. The van der Waals surface area contributed by atoms with Crippen LogP contribution in [0.15, 0.2) is 29.0 Å². The molecule has 0 bridgehead atoms. The van der Waals surface area contributed by atoms with Crippen molar-refractivity contribution in [3.05, 3.63) is 29.0 Å². The number of pyridine rings is 1. The number of rotatable bonds is 2. The Balaban J connectivity index is 1.87. The smallest absolute Gasteiger partial charge is 0.222 e. The fourth-order valence-corrected chi connectivity index (χ4v) is 3.23. The van der Waals surface area contributed by atoms with Gasteiger partial charge in [0, 0.05) is 24.0 Å². The molecular formula is C15H15N5OS. The van der Waals surface area contributed by atoms with Crippen LogP contribution < -0.4 is 10.6 Å². The van der Waals surface area contributed by atoms with E-state index in [1.54, 1.807) is 11.3 Å². The zero-order valence-corrected chi connectivity index (χ0v) is 12.7. The quantitative estimate of drug-likeness (QED) is 0.781. The number of morpholine rings is 1. The van der Waals surface area contributed by atoms with E-state index in [1.807, 2.05) is 17.5 Å². The van der Waals surface area contributed by atoms with E-state index in [0.717, 1.165) is 41.2 Å². The van der Waals surface area contributed by atoms with Crippen LogP contribution in [0, 0.1) is 0 Å². The van der Waals surface area contributed by atoms with Crippen LogP contribution in [0.2, 0.25) is 0 Å². The van der Waals surface area contributed by atoms with Crippen molar-refractivity contribution < 1.29 is 4.74 Å². The first-order valence-electron chi connectivity index (χ1n) is 7.11. The first-order valence-corrected chi connectivity index (χ1v) is 8.05. The maximum absolute atomic E-state index is 5.86. The normalized spacial score (nSPS) is 15.4. The van der Waals surface area contributed by atoms with Crippen molar-refractivity contribution in [3.63, 3.8) is 0 Å². The van der Waals surface area contributed by atoms with Gasteiger partial charge in [0.1, 0.15) is 5.52 Å². The molecule has 0 aromatic carbocycles. The lowest BCUT2D eigenvalue weighted by molar-refractivity contribution is 0.122. The molecule has 0 amide bonds. The Kier molecular flexibility index (Phi) is 3.36. The number of nitrogen functional groups attached to an aromatic ring is 1. The van der Waals surface area contributed by atoms with Crippen LogP contribution in [0.25, 0.3) is 22.3 Å². The summed E-state index contributed by atoms with van der Waals surface area (Å²) in [5, 5.41) is 4.13. The number of aromatic nitrogens is 3. The summed E-state index contributed by atoms with van der Waals surface area (Å²) in [4.78, 5) is 15.7. The number of nitrogens with two attached hydrogens (primary N) is 1. The Labute approximate surface area is 131 Å². The van der Waals surface area contributed by atoms with Gasteiger partial charge in [-0.1, -0.05) is 0 Å². The highest BCUT2D eigenvalue weighted by atomic mass is 32.1. The van der Waals surface area contributed by atoms with Gasteiger partial charge in [0.2, 0.25) is 5.95 Å². The summed E-state index contributed by atoms with van der Waals surface area (Å²) in [7, 11) is 0. The Bertz CT molecular complexity index is 799. The second kappa shape index (κ2) is 5.51. The molecule has 4 heterocycles. The predicted octanol–water partition coefficient (Wildman–Crippen LogP) is 2.17. The van der Waals surface area contributed by atoms with Gasteiger partial charge in [-0.25, -0.2) is 9.97 Å². The van der Waals surface area contributed by atoms with E-state index < -0.39 is 0 Å². The molecule has 7 heteroatoms. The molecule has 0 unspecified atom stereocenters. The van der Waals surface area contributed by atoms with Gasteiger partial charge in [-0.15, -0.1) is 0 Å². The fraction of sp³-hybridized carbons (Fsp3) is 0.267. The van der Waals surface area contributed by atoms with Crippen LogP contribution in [0.1, 0.15) is 0 Å². The zero-order valence-electron chi connectivity index (χ0n) is 11.9. The first kappa shape index (κ1) is 13.4. The molecule has 0 radical (unpaired) electrons. The molecule has 3 aromatic heterocycles. The summed E-state index contributed by atoms with van der Waals surface area (Å²) < 4.78 is 5.41. The van der Waals surface area contributed by atoms with Crippen molar-refractivity contribution >= 4 is 34.1 Å². The van der Waals surface area contributed by atoms with Gasteiger partial charge in [-0.3, -0.25) is 0 Å². The lowest BCUT2D eigenvalue weighted by atomic mass is 10.2. The fourth-order valence-electron chi connectivity index (χ4n) is 2.58. The molecule has 3 aromatic rings. The summed E-state index contributed by atoms with van der Waals surface area (Å²) in [5.41, 5.74) is 9.46. The van der Waals surface area contributed by atoms with Crippen LogP contribution in [-0.4, -0.2) is 41.3 Å². The molecule has 1 saturated heterocycles. The number of anilines is 2. The van der Waals surface area contributed by atoms with Gasteiger partial charge < -0.3 is 15.4 Å². The number of fused-ring (bicyclic) bond motifs is 1. The zero-order chi connectivity index (χ0) is 14.9. The van der Waals surface area contributed by atoms with Crippen molar-refractivity contribution in [1.29, 1.82) is 0 Å². The molecule has 0 saturated carbocycles. The van der Waals surface area contributed by atoms with Crippen molar-refractivity contribution in [3.8, 4) is 11.3 Å². The van der Waals surface area contributed by atoms with E-state index in [-0.39, 0.29) is 5.95 Å². The summed E-state index contributed by atoms with van der Waals surface area (Å²) in [6, 6.07) is 5.99. The number of ether oxygens (including phenoxy) is 1. The maximum Gasteiger partial charge on any atom is 0.222 e. The van der Waals surface area contributed by atoms with E-state index in [2.05, 4.69) is 26.3 Å². The van der Waals surface area contributed by atoms with Gasteiger partial charge in [0.15, 0.2) is 5.82 Å². The van der Waals surface area contributed by atoms with Gasteiger partial charge in [0.05, 0.1) is 24.4 Å². The second-order valence-corrected chi connectivity index (χ2v) is 5.86. The first-order chi connectivity index (χ1) is 10.8. The maximum atomic E-state index is 5.86. The SMILES string of the molecule is Nc1nc(N2CCOCC2)c2nc(-c3ccsc3)ccc2n1. The molecule has 6 nitrogen and oxygen atoms in total. The number of thiophene rings is 1. The van der Waals surface area contributed by atoms with E-state index >= 15 is 0 Å². The van der Waals surface area contributed by atoms with Crippen LogP contribution in [0.3, 0.4) is 0 Å². The van der Waals surface area contributed by atoms with Gasteiger partial charge in [0.25, 0.3) is 0 Å². The number of hydrogen-bond donors (Lipinski definition) is 1. The number of hydrogen-bond acceptors (Lipinski definition) is 7. The molecule has 22 heavy (non-hydrogen) atoms. The minimum atomic E-state index is 0.277. The molecule has 1 fully saturated rings. The highest BCUT2D eigenvalue weighted by Gasteiger charge is 2.18. The predicted molar refractivity (Wildman–Crippen MR) is 88.1 cm³/mol. The summed E-state index contributed by atoms with van der Waals surface area (Å²) in [6.07, 6.45) is 0. The standard InChI is InChI=1S/C15H15N5OS/c16-15-18-12-2-1-11(10-3-8-22-9-10)17-13(12)14(19-15)20-4-6-21-7-5-20/h1-3,8-9H,4-7H2,(H2,16,18,19). The minimum absolute atomic E-state index is 0.277. The van der Waals surface area contributed by atoms with Crippen molar-refractivity contribution in [1.82, 2.24) is 15.0 Å². The van der Waals surface area contributed by atoms with Crippen LogP contribution >= 0.6 is 11.3 Å². The largest absolute Gasteiger partial charge is 0.378 e.